The molecule has 0 spiro atoms. The van der Waals surface area contributed by atoms with Crippen molar-refractivity contribution in [3.05, 3.63) is 16.5 Å². The van der Waals surface area contributed by atoms with Crippen LogP contribution < -0.4 is 4.90 Å². The van der Waals surface area contributed by atoms with E-state index < -0.39 is 0 Å². The third-order valence-corrected chi connectivity index (χ3v) is 3.90. The van der Waals surface area contributed by atoms with Crippen molar-refractivity contribution < 1.29 is 9.53 Å². The molecule has 0 aromatic carbocycles. The molecular formula is C14H21ClN4O2. The first-order valence-electron chi connectivity index (χ1n) is 7.26. The minimum Gasteiger partial charge on any atom is -0.450 e. The molecule has 0 radical (unpaired) electrons. The molecule has 21 heavy (non-hydrogen) atoms. The van der Waals surface area contributed by atoms with E-state index in [0.717, 1.165) is 36.7 Å². The van der Waals surface area contributed by atoms with E-state index >= 15 is 0 Å². The van der Waals surface area contributed by atoms with E-state index in [0.29, 0.717) is 24.8 Å². The Hall–Kier alpha value is -1.56. The average molecular weight is 313 g/mol. The maximum absolute atomic E-state index is 11.7. The molecule has 0 N–H and O–H groups in total. The second-order valence-corrected chi connectivity index (χ2v) is 5.26. The molecule has 0 aliphatic carbocycles. The second kappa shape index (κ2) is 6.93. The van der Waals surface area contributed by atoms with Gasteiger partial charge in [0.1, 0.15) is 16.8 Å². The first-order valence-corrected chi connectivity index (χ1v) is 7.64. The van der Waals surface area contributed by atoms with Crippen LogP contribution in [0.15, 0.2) is 0 Å². The highest BCUT2D eigenvalue weighted by molar-refractivity contribution is 6.30. The number of amides is 1. The zero-order valence-electron chi connectivity index (χ0n) is 12.7. The molecule has 0 saturated carbocycles. The second-order valence-electron chi connectivity index (χ2n) is 4.91. The van der Waals surface area contributed by atoms with Crippen molar-refractivity contribution in [3.63, 3.8) is 0 Å². The maximum Gasteiger partial charge on any atom is 0.409 e. The fourth-order valence-electron chi connectivity index (χ4n) is 2.30. The Morgan fingerprint density at radius 1 is 1.24 bits per heavy atom. The number of nitrogens with zero attached hydrogens (tertiary/aromatic N) is 4. The molecule has 1 fully saturated rings. The normalized spacial score (nSPS) is 15.2. The Balaban J connectivity index is 2.08. The van der Waals surface area contributed by atoms with Gasteiger partial charge in [-0.15, -0.1) is 0 Å². The molecule has 0 atom stereocenters. The maximum atomic E-state index is 11.7. The molecule has 2 heterocycles. The molecular weight excluding hydrogens is 292 g/mol. The lowest BCUT2D eigenvalue weighted by molar-refractivity contribution is 0.105. The zero-order valence-corrected chi connectivity index (χ0v) is 13.5. The van der Waals surface area contributed by atoms with Gasteiger partial charge in [0.2, 0.25) is 0 Å². The minimum absolute atomic E-state index is 0.246. The average Bonchev–Trinajstić information content (AvgIpc) is 2.50. The summed E-state index contributed by atoms with van der Waals surface area (Å²) in [6.45, 7) is 8.83. The van der Waals surface area contributed by atoms with Crippen molar-refractivity contribution in [2.75, 3.05) is 37.7 Å². The molecule has 2 rings (SSSR count). The van der Waals surface area contributed by atoms with Crippen molar-refractivity contribution in [1.29, 1.82) is 0 Å². The smallest absolute Gasteiger partial charge is 0.409 e. The number of aryl methyl sites for hydroxylation is 1. The molecule has 1 amide bonds. The van der Waals surface area contributed by atoms with Crippen molar-refractivity contribution in [3.8, 4) is 0 Å². The van der Waals surface area contributed by atoms with Gasteiger partial charge in [-0.05, 0) is 13.8 Å². The van der Waals surface area contributed by atoms with E-state index in [1.165, 1.54) is 0 Å². The summed E-state index contributed by atoms with van der Waals surface area (Å²) in [5.74, 6) is 1.61. The van der Waals surface area contributed by atoms with Crippen LogP contribution in [0.1, 0.15) is 25.2 Å². The first-order chi connectivity index (χ1) is 10.1. The number of carbonyl (C=O) groups is 1. The van der Waals surface area contributed by atoms with E-state index in [1.54, 1.807) is 4.90 Å². The largest absolute Gasteiger partial charge is 0.450 e. The summed E-state index contributed by atoms with van der Waals surface area (Å²) in [5, 5.41) is 0.504. The zero-order chi connectivity index (χ0) is 15.4. The van der Waals surface area contributed by atoms with Crippen molar-refractivity contribution in [2.45, 2.75) is 27.2 Å². The Kier molecular flexibility index (Phi) is 5.22. The minimum atomic E-state index is -0.246. The number of aromatic nitrogens is 2. The third-order valence-electron chi connectivity index (χ3n) is 3.53. The summed E-state index contributed by atoms with van der Waals surface area (Å²) >= 11 is 6.18. The summed E-state index contributed by atoms with van der Waals surface area (Å²) in [6, 6.07) is 0. The number of hydrogen-bond acceptors (Lipinski definition) is 5. The molecule has 6 nitrogen and oxygen atoms in total. The number of halogens is 1. The molecule has 1 aromatic heterocycles. The first kappa shape index (κ1) is 15.8. The van der Waals surface area contributed by atoms with Crippen LogP contribution in [0, 0.1) is 6.92 Å². The van der Waals surface area contributed by atoms with Gasteiger partial charge >= 0.3 is 6.09 Å². The molecule has 0 unspecified atom stereocenters. The molecule has 0 bridgehead atoms. The Bertz CT molecular complexity index is 516. The van der Waals surface area contributed by atoms with Gasteiger partial charge in [-0.2, -0.15) is 0 Å². The molecule has 1 aliphatic heterocycles. The summed E-state index contributed by atoms with van der Waals surface area (Å²) in [7, 11) is 0. The van der Waals surface area contributed by atoms with Gasteiger partial charge in [0.05, 0.1) is 6.61 Å². The Morgan fingerprint density at radius 2 is 1.90 bits per heavy atom. The molecule has 7 heteroatoms. The lowest BCUT2D eigenvalue weighted by Gasteiger charge is -2.35. The lowest BCUT2D eigenvalue weighted by Crippen LogP contribution is -2.49. The number of hydrogen-bond donors (Lipinski definition) is 0. The van der Waals surface area contributed by atoms with Crippen LogP contribution >= 0.6 is 11.6 Å². The standard InChI is InChI=1S/C14H21ClN4O2/c1-4-11-16-12(15)10(3)13(17-11)18-6-8-19(9-7-18)14(20)21-5-2/h4-9H2,1-3H3. The van der Waals surface area contributed by atoms with Gasteiger partial charge in [0.15, 0.2) is 0 Å². The number of piperazine rings is 1. The van der Waals surface area contributed by atoms with E-state index in [4.69, 9.17) is 16.3 Å². The predicted octanol–water partition coefficient (Wildman–Crippen LogP) is 2.28. The van der Waals surface area contributed by atoms with E-state index in [2.05, 4.69) is 14.9 Å². The summed E-state index contributed by atoms with van der Waals surface area (Å²) < 4.78 is 5.02. The SMILES string of the molecule is CCOC(=O)N1CCN(c2nc(CC)nc(Cl)c2C)CC1. The number of ether oxygens (including phenoxy) is 1. The third kappa shape index (κ3) is 3.56. The van der Waals surface area contributed by atoms with Crippen LogP contribution in [0.25, 0.3) is 0 Å². The number of rotatable bonds is 3. The molecule has 1 aromatic rings. The highest BCUT2D eigenvalue weighted by atomic mass is 35.5. The highest BCUT2D eigenvalue weighted by Gasteiger charge is 2.24. The van der Waals surface area contributed by atoms with Crippen LogP contribution in [-0.2, 0) is 11.2 Å². The Labute approximate surface area is 130 Å². The monoisotopic (exact) mass is 312 g/mol. The summed E-state index contributed by atoms with van der Waals surface area (Å²) in [4.78, 5) is 24.4. The number of anilines is 1. The van der Waals surface area contributed by atoms with Crippen molar-refractivity contribution >= 4 is 23.5 Å². The van der Waals surface area contributed by atoms with Crippen LogP contribution in [0.4, 0.5) is 10.6 Å². The van der Waals surface area contributed by atoms with E-state index in [-0.39, 0.29) is 6.09 Å². The van der Waals surface area contributed by atoms with Crippen LogP contribution in [0.2, 0.25) is 5.15 Å². The van der Waals surface area contributed by atoms with Crippen LogP contribution in [0.3, 0.4) is 0 Å². The van der Waals surface area contributed by atoms with Gasteiger partial charge in [-0.3, -0.25) is 0 Å². The van der Waals surface area contributed by atoms with E-state index in [1.807, 2.05) is 20.8 Å². The fourth-order valence-corrected chi connectivity index (χ4v) is 2.48. The molecule has 1 aliphatic rings. The summed E-state index contributed by atoms with van der Waals surface area (Å²) in [6.07, 6.45) is 0.499. The topological polar surface area (TPSA) is 58.6 Å². The quantitative estimate of drug-likeness (QED) is 0.801. The van der Waals surface area contributed by atoms with Crippen molar-refractivity contribution in [1.82, 2.24) is 14.9 Å². The summed E-state index contributed by atoms with van der Waals surface area (Å²) in [5.41, 5.74) is 0.887. The van der Waals surface area contributed by atoms with Gasteiger partial charge in [0.25, 0.3) is 0 Å². The van der Waals surface area contributed by atoms with Crippen LogP contribution in [0.5, 0.6) is 0 Å². The number of carbonyl (C=O) groups excluding carboxylic acids is 1. The van der Waals surface area contributed by atoms with Crippen LogP contribution in [-0.4, -0.2) is 53.7 Å². The lowest BCUT2D eigenvalue weighted by atomic mass is 10.2. The highest BCUT2D eigenvalue weighted by Crippen LogP contribution is 2.24. The predicted molar refractivity (Wildman–Crippen MR) is 82.0 cm³/mol. The van der Waals surface area contributed by atoms with Crippen molar-refractivity contribution in [2.24, 2.45) is 0 Å². The molecule has 1 saturated heterocycles. The van der Waals surface area contributed by atoms with Gasteiger partial charge < -0.3 is 14.5 Å². The molecule has 116 valence electrons. The Morgan fingerprint density at radius 3 is 2.48 bits per heavy atom. The van der Waals surface area contributed by atoms with Gasteiger partial charge in [0, 0.05) is 38.2 Å². The van der Waals surface area contributed by atoms with Gasteiger partial charge in [-0.1, -0.05) is 18.5 Å². The fraction of sp³-hybridized carbons (Fsp3) is 0.643. The van der Waals surface area contributed by atoms with Gasteiger partial charge in [-0.25, -0.2) is 14.8 Å². The van der Waals surface area contributed by atoms with E-state index in [9.17, 15) is 4.79 Å².